The number of ether oxygens (including phenoxy) is 1. The summed E-state index contributed by atoms with van der Waals surface area (Å²) in [5.74, 6) is 1.56. The van der Waals surface area contributed by atoms with E-state index in [1.54, 1.807) is 6.92 Å². The van der Waals surface area contributed by atoms with E-state index in [0.29, 0.717) is 12.5 Å². The molecule has 3 nitrogen and oxygen atoms in total. The summed E-state index contributed by atoms with van der Waals surface area (Å²) in [5, 5.41) is 0. The van der Waals surface area contributed by atoms with Gasteiger partial charge in [0, 0.05) is 25.9 Å². The number of amides is 1. The third kappa shape index (κ3) is 3.49. The van der Waals surface area contributed by atoms with Gasteiger partial charge in [0.05, 0.1) is 6.61 Å². The van der Waals surface area contributed by atoms with E-state index < -0.39 is 0 Å². The molecule has 0 N–H and O–H groups in total. The van der Waals surface area contributed by atoms with Crippen molar-refractivity contribution in [2.45, 2.75) is 26.7 Å². The predicted octanol–water partition coefficient (Wildman–Crippen LogP) is 2.63. The van der Waals surface area contributed by atoms with Gasteiger partial charge in [0.25, 0.3) is 0 Å². The largest absolute Gasteiger partial charge is 0.493 e. The van der Waals surface area contributed by atoms with Crippen LogP contribution >= 0.6 is 0 Å². The van der Waals surface area contributed by atoms with Crippen LogP contribution < -0.4 is 4.74 Å². The van der Waals surface area contributed by atoms with Crippen molar-refractivity contribution in [2.24, 2.45) is 5.92 Å². The molecule has 1 atom stereocenters. The molecular formula is C15H21NO2. The third-order valence-corrected chi connectivity index (χ3v) is 3.47. The van der Waals surface area contributed by atoms with Gasteiger partial charge in [0.2, 0.25) is 5.91 Å². The molecule has 1 aromatic carbocycles. The van der Waals surface area contributed by atoms with Crippen molar-refractivity contribution in [3.63, 3.8) is 0 Å². The number of benzene rings is 1. The average Bonchev–Trinajstić information content (AvgIpc) is 2.38. The summed E-state index contributed by atoms with van der Waals surface area (Å²) in [4.78, 5) is 13.3. The maximum atomic E-state index is 11.3. The molecule has 1 saturated heterocycles. The zero-order valence-corrected chi connectivity index (χ0v) is 11.2. The van der Waals surface area contributed by atoms with Crippen molar-refractivity contribution in [3.8, 4) is 5.75 Å². The molecule has 1 aliphatic heterocycles. The first-order chi connectivity index (χ1) is 8.65. The summed E-state index contributed by atoms with van der Waals surface area (Å²) in [5.41, 5.74) is 1.24. The Kier molecular flexibility index (Phi) is 4.24. The lowest BCUT2D eigenvalue weighted by atomic mass is 9.99. The zero-order valence-electron chi connectivity index (χ0n) is 11.2. The fourth-order valence-electron chi connectivity index (χ4n) is 2.34. The Morgan fingerprint density at radius 1 is 1.39 bits per heavy atom. The van der Waals surface area contributed by atoms with Crippen LogP contribution in [0.3, 0.4) is 0 Å². The summed E-state index contributed by atoms with van der Waals surface area (Å²) in [6, 6.07) is 8.11. The van der Waals surface area contributed by atoms with E-state index in [-0.39, 0.29) is 5.91 Å². The van der Waals surface area contributed by atoms with Gasteiger partial charge in [-0.25, -0.2) is 0 Å². The molecular weight excluding hydrogens is 226 g/mol. The highest BCUT2D eigenvalue weighted by Crippen LogP contribution is 2.19. The SMILES string of the molecule is CC(=O)N1CCCC(COc2ccc(C)cc2)C1. The van der Waals surface area contributed by atoms with E-state index in [1.807, 2.05) is 17.0 Å². The van der Waals surface area contributed by atoms with Gasteiger partial charge in [-0.3, -0.25) is 4.79 Å². The lowest BCUT2D eigenvalue weighted by Gasteiger charge is -2.31. The summed E-state index contributed by atoms with van der Waals surface area (Å²) < 4.78 is 5.79. The van der Waals surface area contributed by atoms with Crippen LogP contribution in [-0.2, 0) is 4.79 Å². The minimum atomic E-state index is 0.176. The normalized spacial score (nSPS) is 19.7. The van der Waals surface area contributed by atoms with Crippen LogP contribution in [0.4, 0.5) is 0 Å². The minimum absolute atomic E-state index is 0.176. The van der Waals surface area contributed by atoms with Crippen LogP contribution in [0.1, 0.15) is 25.3 Å². The number of likely N-dealkylation sites (tertiary alicyclic amines) is 1. The first-order valence-electron chi connectivity index (χ1n) is 6.60. The number of hydrogen-bond acceptors (Lipinski definition) is 2. The lowest BCUT2D eigenvalue weighted by Crippen LogP contribution is -2.40. The Bertz CT molecular complexity index is 399. The molecule has 1 aromatic rings. The molecule has 0 aromatic heterocycles. The first kappa shape index (κ1) is 12.9. The van der Waals surface area contributed by atoms with Gasteiger partial charge in [0.15, 0.2) is 0 Å². The smallest absolute Gasteiger partial charge is 0.219 e. The van der Waals surface area contributed by atoms with E-state index in [2.05, 4.69) is 19.1 Å². The molecule has 1 fully saturated rings. The summed E-state index contributed by atoms with van der Waals surface area (Å²) in [6.07, 6.45) is 2.23. The quantitative estimate of drug-likeness (QED) is 0.821. The Morgan fingerprint density at radius 3 is 2.78 bits per heavy atom. The van der Waals surface area contributed by atoms with Crippen molar-refractivity contribution < 1.29 is 9.53 Å². The Labute approximate surface area is 109 Å². The molecule has 0 radical (unpaired) electrons. The van der Waals surface area contributed by atoms with Gasteiger partial charge in [-0.15, -0.1) is 0 Å². The van der Waals surface area contributed by atoms with E-state index in [4.69, 9.17) is 4.74 Å². The number of nitrogens with zero attached hydrogens (tertiary/aromatic N) is 1. The van der Waals surface area contributed by atoms with Gasteiger partial charge in [-0.1, -0.05) is 17.7 Å². The topological polar surface area (TPSA) is 29.5 Å². The average molecular weight is 247 g/mol. The molecule has 0 bridgehead atoms. The molecule has 1 heterocycles. The van der Waals surface area contributed by atoms with Crippen LogP contribution in [0.15, 0.2) is 24.3 Å². The maximum Gasteiger partial charge on any atom is 0.219 e. The Morgan fingerprint density at radius 2 is 2.11 bits per heavy atom. The Hall–Kier alpha value is -1.51. The Balaban J connectivity index is 1.82. The summed E-state index contributed by atoms with van der Waals surface area (Å²) >= 11 is 0. The van der Waals surface area contributed by atoms with Crippen molar-refractivity contribution in [1.29, 1.82) is 0 Å². The molecule has 2 rings (SSSR count). The number of rotatable bonds is 3. The van der Waals surface area contributed by atoms with Crippen LogP contribution in [0.5, 0.6) is 5.75 Å². The van der Waals surface area contributed by atoms with Gasteiger partial charge in [-0.2, -0.15) is 0 Å². The number of aryl methyl sites for hydroxylation is 1. The highest BCUT2D eigenvalue weighted by Gasteiger charge is 2.21. The zero-order chi connectivity index (χ0) is 13.0. The highest BCUT2D eigenvalue weighted by molar-refractivity contribution is 5.73. The molecule has 98 valence electrons. The number of piperidine rings is 1. The molecule has 3 heteroatoms. The number of hydrogen-bond donors (Lipinski definition) is 0. The second kappa shape index (κ2) is 5.89. The van der Waals surface area contributed by atoms with Crippen LogP contribution in [-0.4, -0.2) is 30.5 Å². The van der Waals surface area contributed by atoms with E-state index in [9.17, 15) is 4.79 Å². The summed E-state index contributed by atoms with van der Waals surface area (Å²) in [7, 11) is 0. The van der Waals surface area contributed by atoms with E-state index in [1.165, 1.54) is 5.56 Å². The first-order valence-corrected chi connectivity index (χ1v) is 6.60. The molecule has 0 spiro atoms. The van der Waals surface area contributed by atoms with Crippen molar-refractivity contribution in [2.75, 3.05) is 19.7 Å². The van der Waals surface area contributed by atoms with Crippen LogP contribution in [0.25, 0.3) is 0 Å². The third-order valence-electron chi connectivity index (χ3n) is 3.47. The van der Waals surface area contributed by atoms with Crippen LogP contribution in [0, 0.1) is 12.8 Å². The van der Waals surface area contributed by atoms with Gasteiger partial charge in [0.1, 0.15) is 5.75 Å². The fourth-order valence-corrected chi connectivity index (χ4v) is 2.34. The second-order valence-electron chi connectivity index (χ2n) is 5.10. The fraction of sp³-hybridized carbons (Fsp3) is 0.533. The maximum absolute atomic E-state index is 11.3. The molecule has 0 aliphatic carbocycles. The van der Waals surface area contributed by atoms with Crippen molar-refractivity contribution >= 4 is 5.91 Å². The monoisotopic (exact) mass is 247 g/mol. The molecule has 1 amide bonds. The highest BCUT2D eigenvalue weighted by atomic mass is 16.5. The molecule has 18 heavy (non-hydrogen) atoms. The van der Waals surface area contributed by atoms with Gasteiger partial charge in [-0.05, 0) is 31.9 Å². The number of carbonyl (C=O) groups excluding carboxylic acids is 1. The van der Waals surface area contributed by atoms with E-state index >= 15 is 0 Å². The number of carbonyl (C=O) groups is 1. The van der Waals surface area contributed by atoms with Crippen molar-refractivity contribution in [1.82, 2.24) is 4.90 Å². The second-order valence-corrected chi connectivity index (χ2v) is 5.10. The molecule has 0 saturated carbocycles. The lowest BCUT2D eigenvalue weighted by molar-refractivity contribution is -0.130. The molecule has 1 unspecified atom stereocenters. The van der Waals surface area contributed by atoms with Gasteiger partial charge >= 0.3 is 0 Å². The van der Waals surface area contributed by atoms with E-state index in [0.717, 1.165) is 31.7 Å². The van der Waals surface area contributed by atoms with Gasteiger partial charge < -0.3 is 9.64 Å². The van der Waals surface area contributed by atoms with Crippen molar-refractivity contribution in [3.05, 3.63) is 29.8 Å². The minimum Gasteiger partial charge on any atom is -0.493 e. The predicted molar refractivity (Wildman–Crippen MR) is 71.7 cm³/mol. The summed E-state index contributed by atoms with van der Waals surface area (Å²) in [6.45, 7) is 6.14. The van der Waals surface area contributed by atoms with Crippen LogP contribution in [0.2, 0.25) is 0 Å². The molecule has 1 aliphatic rings. The standard InChI is InChI=1S/C15H21NO2/c1-12-5-7-15(8-6-12)18-11-14-4-3-9-16(10-14)13(2)17/h5-8,14H,3-4,9-11H2,1-2H3.